The highest BCUT2D eigenvalue weighted by Gasteiger charge is 2.19. The number of thioether (sulfide) groups is 2. The van der Waals surface area contributed by atoms with Gasteiger partial charge in [-0.05, 0) is 53.3 Å². The fourth-order valence-corrected chi connectivity index (χ4v) is 6.17. The molecule has 1 aliphatic heterocycles. The van der Waals surface area contributed by atoms with Crippen molar-refractivity contribution in [2.75, 3.05) is 18.1 Å². The Bertz CT molecular complexity index is 891. The van der Waals surface area contributed by atoms with E-state index in [0.717, 1.165) is 11.3 Å². The van der Waals surface area contributed by atoms with Gasteiger partial charge in [-0.25, -0.2) is 0 Å². The van der Waals surface area contributed by atoms with E-state index in [2.05, 4.69) is 22.4 Å². The smallest absolute Gasteiger partial charge is 0.258 e. The predicted octanol–water partition coefficient (Wildman–Crippen LogP) is 5.23. The first-order valence-corrected chi connectivity index (χ1v) is 12.1. The van der Waals surface area contributed by atoms with Gasteiger partial charge < -0.3 is 10.1 Å². The molecule has 30 heavy (non-hydrogen) atoms. The lowest BCUT2D eigenvalue weighted by molar-refractivity contribution is -0.123. The van der Waals surface area contributed by atoms with Crippen molar-refractivity contribution in [1.29, 1.82) is 0 Å². The highest BCUT2D eigenvalue weighted by molar-refractivity contribution is 8.16. The quantitative estimate of drug-likeness (QED) is 0.549. The van der Waals surface area contributed by atoms with Gasteiger partial charge in [0.2, 0.25) is 0 Å². The van der Waals surface area contributed by atoms with Crippen LogP contribution in [0.25, 0.3) is 0 Å². The number of hydrogen-bond donors (Lipinski definition) is 1. The lowest BCUT2D eigenvalue weighted by atomic mass is 10.0. The Labute approximate surface area is 185 Å². The summed E-state index contributed by atoms with van der Waals surface area (Å²) >= 11 is 3.99. The number of hydrogen-bond acceptors (Lipinski definition) is 5. The van der Waals surface area contributed by atoms with Crippen molar-refractivity contribution < 1.29 is 9.53 Å². The van der Waals surface area contributed by atoms with Crippen LogP contribution in [-0.4, -0.2) is 29.0 Å². The zero-order chi connectivity index (χ0) is 20.6. The number of aromatic nitrogens is 1. The number of pyridine rings is 1. The van der Waals surface area contributed by atoms with Crippen molar-refractivity contribution in [2.45, 2.75) is 17.0 Å². The number of carbonyl (C=O) groups excluding carboxylic acids is 1. The molecule has 0 spiro atoms. The lowest BCUT2D eigenvalue weighted by Gasteiger charge is -2.21. The number of amides is 1. The van der Waals surface area contributed by atoms with Gasteiger partial charge in [0.05, 0.1) is 16.3 Å². The highest BCUT2D eigenvalue weighted by atomic mass is 32.2. The van der Waals surface area contributed by atoms with Gasteiger partial charge in [0, 0.05) is 6.20 Å². The molecule has 0 saturated carbocycles. The second-order valence-corrected chi connectivity index (χ2v) is 9.67. The molecule has 1 amide bonds. The van der Waals surface area contributed by atoms with Crippen LogP contribution in [0.5, 0.6) is 5.75 Å². The Morgan fingerprint density at radius 1 is 1.00 bits per heavy atom. The van der Waals surface area contributed by atoms with E-state index in [1.807, 2.05) is 84.2 Å². The summed E-state index contributed by atoms with van der Waals surface area (Å²) in [4.78, 5) is 17.0. The van der Waals surface area contributed by atoms with Gasteiger partial charge in [-0.15, -0.1) is 23.5 Å². The van der Waals surface area contributed by atoms with Crippen molar-refractivity contribution in [3.63, 3.8) is 0 Å². The standard InChI is InChI=1S/C24H24N2O2S2/c27-22(17-28-20-12-10-19(11-13-20)24-29-15-6-16-30-24)26-23(18-7-2-1-3-8-18)21-9-4-5-14-25-21/h1-5,7-14,23-24H,6,15-17H2,(H,26,27). The van der Waals surface area contributed by atoms with Crippen LogP contribution in [0, 0.1) is 0 Å². The molecule has 4 nitrogen and oxygen atoms in total. The summed E-state index contributed by atoms with van der Waals surface area (Å²) in [5.41, 5.74) is 3.08. The molecule has 0 radical (unpaired) electrons. The van der Waals surface area contributed by atoms with E-state index in [1.165, 1.54) is 23.5 Å². The molecule has 1 fully saturated rings. The molecule has 1 aliphatic rings. The molecule has 1 N–H and O–H groups in total. The molecule has 0 bridgehead atoms. The van der Waals surface area contributed by atoms with E-state index >= 15 is 0 Å². The Balaban J connectivity index is 1.37. The molecule has 6 heteroatoms. The summed E-state index contributed by atoms with van der Waals surface area (Å²) in [7, 11) is 0. The van der Waals surface area contributed by atoms with Gasteiger partial charge in [0.25, 0.3) is 5.91 Å². The maximum atomic E-state index is 12.6. The van der Waals surface area contributed by atoms with Gasteiger partial charge in [-0.3, -0.25) is 9.78 Å². The summed E-state index contributed by atoms with van der Waals surface area (Å²) in [6, 6.07) is 23.3. The topological polar surface area (TPSA) is 51.2 Å². The van der Waals surface area contributed by atoms with E-state index < -0.39 is 0 Å². The molecule has 154 valence electrons. The number of ether oxygens (including phenoxy) is 1. The van der Waals surface area contributed by atoms with Crippen LogP contribution in [0.2, 0.25) is 0 Å². The number of carbonyl (C=O) groups is 1. The van der Waals surface area contributed by atoms with Crippen LogP contribution in [0.15, 0.2) is 79.0 Å². The van der Waals surface area contributed by atoms with Crippen molar-refractivity contribution in [1.82, 2.24) is 10.3 Å². The first-order chi connectivity index (χ1) is 14.8. The minimum absolute atomic E-state index is 0.0392. The van der Waals surface area contributed by atoms with Crippen molar-refractivity contribution in [2.24, 2.45) is 0 Å². The molecule has 2 aromatic carbocycles. The van der Waals surface area contributed by atoms with Crippen molar-refractivity contribution >= 4 is 29.4 Å². The van der Waals surface area contributed by atoms with Gasteiger partial charge in [-0.2, -0.15) is 0 Å². The third kappa shape index (κ3) is 5.58. The molecule has 3 aromatic rings. The van der Waals surface area contributed by atoms with Gasteiger partial charge in [0.15, 0.2) is 6.61 Å². The number of benzene rings is 2. The molecule has 1 unspecified atom stereocenters. The average molecular weight is 437 g/mol. The van der Waals surface area contributed by atoms with E-state index in [1.54, 1.807) is 6.20 Å². The largest absolute Gasteiger partial charge is 0.484 e. The summed E-state index contributed by atoms with van der Waals surface area (Å²) in [5.74, 6) is 2.95. The Hall–Kier alpha value is -2.44. The molecule has 1 aromatic heterocycles. The maximum absolute atomic E-state index is 12.6. The fourth-order valence-electron chi connectivity index (χ4n) is 3.27. The molecular formula is C24H24N2O2S2. The van der Waals surface area contributed by atoms with Crippen molar-refractivity contribution in [3.05, 3.63) is 95.8 Å². The van der Waals surface area contributed by atoms with Crippen LogP contribution in [-0.2, 0) is 4.79 Å². The molecule has 0 aliphatic carbocycles. The highest BCUT2D eigenvalue weighted by Crippen LogP contribution is 2.43. The summed E-state index contributed by atoms with van der Waals surface area (Å²) < 4.78 is 6.24. The number of rotatable bonds is 7. The SMILES string of the molecule is O=C(COc1ccc(C2SCCCS2)cc1)NC(c1ccccc1)c1ccccn1. The number of nitrogens with zero attached hydrogens (tertiary/aromatic N) is 1. The van der Waals surface area contributed by atoms with E-state index in [-0.39, 0.29) is 18.6 Å². The van der Waals surface area contributed by atoms with Crippen LogP contribution in [0.3, 0.4) is 0 Å². The average Bonchev–Trinajstić information content (AvgIpc) is 2.83. The molecule has 4 rings (SSSR count). The van der Waals surface area contributed by atoms with E-state index in [0.29, 0.717) is 10.3 Å². The zero-order valence-corrected chi connectivity index (χ0v) is 18.2. The first kappa shape index (κ1) is 20.8. The van der Waals surface area contributed by atoms with Crippen molar-refractivity contribution in [3.8, 4) is 5.75 Å². The maximum Gasteiger partial charge on any atom is 0.258 e. The molecule has 1 saturated heterocycles. The lowest BCUT2D eigenvalue weighted by Crippen LogP contribution is -2.33. The predicted molar refractivity (Wildman–Crippen MR) is 125 cm³/mol. The Morgan fingerprint density at radius 3 is 2.43 bits per heavy atom. The Kier molecular flexibility index (Phi) is 7.32. The summed E-state index contributed by atoms with van der Waals surface area (Å²) in [5, 5.41) is 3.05. The van der Waals surface area contributed by atoms with E-state index in [9.17, 15) is 4.79 Å². The molecular weight excluding hydrogens is 412 g/mol. The zero-order valence-electron chi connectivity index (χ0n) is 16.6. The van der Waals surface area contributed by atoms with Gasteiger partial charge in [0.1, 0.15) is 5.75 Å². The minimum atomic E-state index is -0.314. The molecule has 2 heterocycles. The van der Waals surface area contributed by atoms with Crippen LogP contribution in [0.1, 0.15) is 33.9 Å². The minimum Gasteiger partial charge on any atom is -0.484 e. The monoisotopic (exact) mass is 436 g/mol. The van der Waals surface area contributed by atoms with Crippen LogP contribution < -0.4 is 10.1 Å². The molecule has 1 atom stereocenters. The van der Waals surface area contributed by atoms with Gasteiger partial charge >= 0.3 is 0 Å². The summed E-state index contributed by atoms with van der Waals surface area (Å²) in [6.45, 7) is -0.0392. The second-order valence-electron chi connectivity index (χ2n) is 6.95. The third-order valence-electron chi connectivity index (χ3n) is 4.77. The Morgan fingerprint density at radius 2 is 1.73 bits per heavy atom. The fraction of sp³-hybridized carbons (Fsp3) is 0.250. The van der Waals surface area contributed by atoms with Gasteiger partial charge in [-0.1, -0.05) is 48.5 Å². The third-order valence-corrected chi connectivity index (χ3v) is 7.79. The normalized spacial score (nSPS) is 15.3. The second kappa shape index (κ2) is 10.5. The van der Waals surface area contributed by atoms with Crippen LogP contribution in [0.4, 0.5) is 0 Å². The number of nitrogens with one attached hydrogen (secondary N) is 1. The van der Waals surface area contributed by atoms with Crippen LogP contribution >= 0.6 is 23.5 Å². The first-order valence-electron chi connectivity index (χ1n) is 10.0. The van der Waals surface area contributed by atoms with E-state index in [4.69, 9.17) is 4.74 Å². The summed E-state index contributed by atoms with van der Waals surface area (Å²) in [6.07, 6.45) is 3.02.